The number of anilines is 1. The number of nitrogens with one attached hydrogen (secondary N) is 1. The summed E-state index contributed by atoms with van der Waals surface area (Å²) in [6.45, 7) is 11.2. The number of ether oxygens (including phenoxy) is 5. The minimum absolute atomic E-state index is 0.285. The van der Waals surface area contributed by atoms with Crippen LogP contribution in [-0.2, 0) is 28.5 Å². The number of benzene rings is 1. The molecule has 7 heteroatoms. The van der Waals surface area contributed by atoms with Gasteiger partial charge in [-0.25, -0.2) is 0 Å². The van der Waals surface area contributed by atoms with Gasteiger partial charge in [-0.3, -0.25) is 4.79 Å². The summed E-state index contributed by atoms with van der Waals surface area (Å²) in [4.78, 5) is 13.1. The Balaban J connectivity index is 1.60. The molecular weight excluding hydrogens is 350 g/mol. The number of hydrogen-bond donors (Lipinski definition) is 1. The van der Waals surface area contributed by atoms with Gasteiger partial charge >= 0.3 is 0 Å². The van der Waals surface area contributed by atoms with E-state index in [9.17, 15) is 4.79 Å². The SMILES string of the molecule is Cc1ccc(C)c(NC(=O)[C@@H]2O[C@@H]3OC(C)(C)O[C@@H]3[C@H]3OC(C)(C)O[C@H]32)c1. The van der Waals surface area contributed by atoms with E-state index in [1.807, 2.05) is 59.7 Å². The molecule has 5 atom stereocenters. The Kier molecular flexibility index (Phi) is 4.36. The van der Waals surface area contributed by atoms with E-state index >= 15 is 0 Å². The molecule has 3 aliphatic rings. The minimum Gasteiger partial charge on any atom is -0.342 e. The van der Waals surface area contributed by atoms with Crippen LogP contribution in [0.3, 0.4) is 0 Å². The van der Waals surface area contributed by atoms with Crippen molar-refractivity contribution in [2.24, 2.45) is 0 Å². The van der Waals surface area contributed by atoms with Gasteiger partial charge in [-0.15, -0.1) is 0 Å². The molecular formula is C20H27NO6. The van der Waals surface area contributed by atoms with Crippen molar-refractivity contribution in [1.29, 1.82) is 0 Å². The lowest BCUT2D eigenvalue weighted by atomic mass is 9.98. The zero-order valence-corrected chi connectivity index (χ0v) is 16.6. The number of amides is 1. The van der Waals surface area contributed by atoms with Crippen LogP contribution < -0.4 is 5.32 Å². The van der Waals surface area contributed by atoms with E-state index in [0.717, 1.165) is 16.8 Å². The van der Waals surface area contributed by atoms with Crippen LogP contribution in [0.15, 0.2) is 18.2 Å². The Labute approximate surface area is 159 Å². The maximum Gasteiger partial charge on any atom is 0.256 e. The maximum absolute atomic E-state index is 13.1. The molecule has 0 spiro atoms. The van der Waals surface area contributed by atoms with E-state index in [0.29, 0.717) is 0 Å². The largest absolute Gasteiger partial charge is 0.342 e. The smallest absolute Gasteiger partial charge is 0.256 e. The van der Waals surface area contributed by atoms with Crippen molar-refractivity contribution in [3.63, 3.8) is 0 Å². The molecule has 1 aromatic carbocycles. The van der Waals surface area contributed by atoms with E-state index in [4.69, 9.17) is 23.7 Å². The van der Waals surface area contributed by atoms with Crippen molar-refractivity contribution in [3.8, 4) is 0 Å². The first kappa shape index (κ1) is 18.8. The van der Waals surface area contributed by atoms with Crippen molar-refractivity contribution in [1.82, 2.24) is 0 Å². The van der Waals surface area contributed by atoms with Gasteiger partial charge in [0, 0.05) is 5.69 Å². The third kappa shape index (κ3) is 3.50. The Hall–Kier alpha value is -1.51. The quantitative estimate of drug-likeness (QED) is 0.854. The number of carbonyl (C=O) groups excluding carboxylic acids is 1. The third-order valence-electron chi connectivity index (χ3n) is 5.06. The van der Waals surface area contributed by atoms with Gasteiger partial charge in [0.15, 0.2) is 24.0 Å². The molecule has 7 nitrogen and oxygen atoms in total. The second kappa shape index (κ2) is 6.25. The van der Waals surface area contributed by atoms with Gasteiger partial charge in [-0.2, -0.15) is 0 Å². The van der Waals surface area contributed by atoms with Gasteiger partial charge in [0.25, 0.3) is 5.91 Å². The van der Waals surface area contributed by atoms with E-state index < -0.39 is 42.3 Å². The van der Waals surface area contributed by atoms with Gasteiger partial charge in [-0.05, 0) is 58.7 Å². The summed E-state index contributed by atoms with van der Waals surface area (Å²) < 4.78 is 29.8. The zero-order chi connectivity index (χ0) is 19.6. The standard InChI is InChI=1S/C20H27NO6/c1-10-7-8-11(2)12(9-10)21-17(22)15-13-14(25-19(3,4)24-13)16-18(23-15)27-20(5,6)26-16/h7-9,13-16,18H,1-6H3,(H,21,22)/t13-,14+,15-,16-,18-/m1/s1. The maximum atomic E-state index is 13.1. The highest BCUT2D eigenvalue weighted by atomic mass is 16.9. The molecule has 3 heterocycles. The van der Waals surface area contributed by atoms with Gasteiger partial charge < -0.3 is 29.0 Å². The first-order chi connectivity index (χ1) is 12.5. The fourth-order valence-corrected chi connectivity index (χ4v) is 3.90. The van der Waals surface area contributed by atoms with E-state index in [2.05, 4.69) is 5.32 Å². The molecule has 1 N–H and O–H groups in total. The van der Waals surface area contributed by atoms with E-state index in [1.165, 1.54) is 0 Å². The van der Waals surface area contributed by atoms with Crippen LogP contribution in [0, 0.1) is 13.8 Å². The molecule has 1 aromatic rings. The average Bonchev–Trinajstić information content (AvgIpc) is 3.04. The number of fused-ring (bicyclic) bond motifs is 3. The Morgan fingerprint density at radius 3 is 2.30 bits per heavy atom. The highest BCUT2D eigenvalue weighted by Gasteiger charge is 2.62. The zero-order valence-electron chi connectivity index (χ0n) is 16.6. The molecule has 4 rings (SSSR count). The van der Waals surface area contributed by atoms with Crippen LogP contribution in [0.1, 0.15) is 38.8 Å². The molecule has 0 unspecified atom stereocenters. The van der Waals surface area contributed by atoms with Gasteiger partial charge in [0.05, 0.1) is 0 Å². The lowest BCUT2D eigenvalue weighted by molar-refractivity contribution is -0.229. The molecule has 3 aliphatic heterocycles. The van der Waals surface area contributed by atoms with Crippen LogP contribution in [0.25, 0.3) is 0 Å². The summed E-state index contributed by atoms with van der Waals surface area (Å²) >= 11 is 0. The average molecular weight is 377 g/mol. The molecule has 27 heavy (non-hydrogen) atoms. The number of hydrogen-bond acceptors (Lipinski definition) is 6. The van der Waals surface area contributed by atoms with Crippen LogP contribution in [-0.4, -0.2) is 48.2 Å². The Morgan fingerprint density at radius 1 is 0.926 bits per heavy atom. The fraction of sp³-hybridized carbons (Fsp3) is 0.650. The summed E-state index contributed by atoms with van der Waals surface area (Å²) in [5, 5.41) is 2.97. The lowest BCUT2D eigenvalue weighted by Gasteiger charge is -2.36. The first-order valence-corrected chi connectivity index (χ1v) is 9.29. The van der Waals surface area contributed by atoms with Gasteiger partial charge in [0.2, 0.25) is 0 Å². The number of aryl methyl sites for hydroxylation is 2. The minimum atomic E-state index is -0.865. The van der Waals surface area contributed by atoms with E-state index in [-0.39, 0.29) is 5.91 Å². The summed E-state index contributed by atoms with van der Waals surface area (Å²) in [5.41, 5.74) is 2.79. The van der Waals surface area contributed by atoms with Crippen LogP contribution in [0.2, 0.25) is 0 Å². The second-order valence-electron chi connectivity index (χ2n) is 8.40. The summed E-state index contributed by atoms with van der Waals surface area (Å²) in [6.07, 6.45) is -3.03. The summed E-state index contributed by atoms with van der Waals surface area (Å²) in [5.74, 6) is -1.93. The Bertz CT molecular complexity index is 761. The van der Waals surface area contributed by atoms with Crippen molar-refractivity contribution in [3.05, 3.63) is 29.3 Å². The van der Waals surface area contributed by atoms with Gasteiger partial charge in [0.1, 0.15) is 18.3 Å². The molecule has 0 aromatic heterocycles. The molecule has 3 fully saturated rings. The normalized spacial score (nSPS) is 36.1. The third-order valence-corrected chi connectivity index (χ3v) is 5.06. The monoisotopic (exact) mass is 377 g/mol. The molecule has 3 saturated heterocycles. The topological polar surface area (TPSA) is 75.3 Å². The number of carbonyl (C=O) groups is 1. The predicted octanol–water partition coefficient (Wildman–Crippen LogP) is 2.64. The van der Waals surface area contributed by atoms with Crippen LogP contribution >= 0.6 is 0 Å². The van der Waals surface area contributed by atoms with Crippen LogP contribution in [0.4, 0.5) is 5.69 Å². The molecule has 0 radical (unpaired) electrons. The molecule has 148 valence electrons. The number of rotatable bonds is 2. The molecule has 0 saturated carbocycles. The predicted molar refractivity (Wildman–Crippen MR) is 97.1 cm³/mol. The van der Waals surface area contributed by atoms with Crippen molar-refractivity contribution < 1.29 is 28.5 Å². The van der Waals surface area contributed by atoms with Crippen molar-refractivity contribution >= 4 is 11.6 Å². The highest BCUT2D eigenvalue weighted by Crippen LogP contribution is 2.44. The van der Waals surface area contributed by atoms with Gasteiger partial charge in [-0.1, -0.05) is 12.1 Å². The van der Waals surface area contributed by atoms with E-state index in [1.54, 1.807) is 0 Å². The first-order valence-electron chi connectivity index (χ1n) is 9.29. The Morgan fingerprint density at radius 2 is 1.56 bits per heavy atom. The van der Waals surface area contributed by atoms with Crippen molar-refractivity contribution in [2.75, 3.05) is 5.32 Å². The summed E-state index contributed by atoms with van der Waals surface area (Å²) in [7, 11) is 0. The molecule has 1 amide bonds. The molecule has 0 bridgehead atoms. The van der Waals surface area contributed by atoms with Crippen LogP contribution in [0.5, 0.6) is 0 Å². The highest BCUT2D eigenvalue weighted by molar-refractivity contribution is 5.95. The fourth-order valence-electron chi connectivity index (χ4n) is 3.90. The lowest BCUT2D eigenvalue weighted by Crippen LogP contribution is -2.58. The second-order valence-corrected chi connectivity index (χ2v) is 8.40. The molecule has 0 aliphatic carbocycles. The van der Waals surface area contributed by atoms with Crippen molar-refractivity contribution in [2.45, 2.75) is 83.8 Å². The summed E-state index contributed by atoms with van der Waals surface area (Å²) in [6, 6.07) is 5.91.